The highest BCUT2D eigenvalue weighted by atomic mass is 35.5. The molecule has 1 N–H and O–H groups in total. The molecule has 0 aliphatic heterocycles. The van der Waals surface area contributed by atoms with Gasteiger partial charge in [0.2, 0.25) is 10.0 Å². The van der Waals surface area contributed by atoms with E-state index >= 15 is 0 Å². The number of benzene rings is 2. The lowest BCUT2D eigenvalue weighted by atomic mass is 10.2. The Kier molecular flexibility index (Phi) is 9.21. The number of anilines is 1. The van der Waals surface area contributed by atoms with Gasteiger partial charge in [0.1, 0.15) is 4.90 Å². The predicted octanol–water partition coefficient (Wildman–Crippen LogP) is 5.69. The smallest absolute Gasteiger partial charge is 0.261 e. The molecule has 0 radical (unpaired) electrons. The van der Waals surface area contributed by atoms with Gasteiger partial charge in [0.25, 0.3) is 10.0 Å². The molecule has 0 aliphatic rings. The summed E-state index contributed by atoms with van der Waals surface area (Å²) in [4.78, 5) is -0.0723. The standard InChI is InChI=1S/C21H28Cl2N2O4S2/c1-4-6-12-25(13-7-5-2)31(28,29)21-15-18(22)20(14-19(21)23)24-30(26,27)17-10-8-16(3)9-11-17/h8-11,14-15,24H,4-7,12-13H2,1-3H3. The Labute approximate surface area is 195 Å². The Hall–Kier alpha value is -1.32. The molecule has 2 aromatic carbocycles. The van der Waals surface area contributed by atoms with Gasteiger partial charge in [-0.3, -0.25) is 4.72 Å². The van der Waals surface area contributed by atoms with Crippen LogP contribution in [0.2, 0.25) is 10.0 Å². The summed E-state index contributed by atoms with van der Waals surface area (Å²) in [5.74, 6) is 0. The molecule has 172 valence electrons. The molecular formula is C21H28Cl2N2O4S2. The van der Waals surface area contributed by atoms with Crippen molar-refractivity contribution in [2.45, 2.75) is 56.2 Å². The van der Waals surface area contributed by atoms with Crippen molar-refractivity contribution in [2.24, 2.45) is 0 Å². The van der Waals surface area contributed by atoms with Crippen LogP contribution in [0.4, 0.5) is 5.69 Å². The maximum absolute atomic E-state index is 13.2. The fourth-order valence-corrected chi connectivity index (χ4v) is 6.33. The van der Waals surface area contributed by atoms with Crippen molar-refractivity contribution in [1.82, 2.24) is 4.31 Å². The zero-order valence-corrected chi connectivity index (χ0v) is 21.0. The molecule has 0 saturated heterocycles. The van der Waals surface area contributed by atoms with Crippen LogP contribution in [0.1, 0.15) is 45.1 Å². The molecule has 6 nitrogen and oxygen atoms in total. The zero-order valence-electron chi connectivity index (χ0n) is 17.9. The summed E-state index contributed by atoms with van der Waals surface area (Å²) in [6, 6.07) is 8.76. The zero-order chi connectivity index (χ0) is 23.2. The van der Waals surface area contributed by atoms with E-state index in [2.05, 4.69) is 4.72 Å². The summed E-state index contributed by atoms with van der Waals surface area (Å²) >= 11 is 12.6. The molecular weight excluding hydrogens is 479 g/mol. The Morgan fingerprint density at radius 1 is 0.871 bits per heavy atom. The number of halogens is 2. The van der Waals surface area contributed by atoms with E-state index in [9.17, 15) is 16.8 Å². The molecule has 0 unspecified atom stereocenters. The minimum absolute atomic E-state index is 0.0138. The third-order valence-electron chi connectivity index (χ3n) is 4.74. The lowest BCUT2D eigenvalue weighted by Crippen LogP contribution is -2.33. The molecule has 2 aromatic rings. The van der Waals surface area contributed by atoms with Crippen LogP contribution in [0.3, 0.4) is 0 Å². The van der Waals surface area contributed by atoms with E-state index in [1.165, 1.54) is 28.6 Å². The van der Waals surface area contributed by atoms with Crippen LogP contribution < -0.4 is 4.72 Å². The largest absolute Gasteiger partial charge is 0.278 e. The molecule has 31 heavy (non-hydrogen) atoms. The van der Waals surface area contributed by atoms with Crippen molar-refractivity contribution >= 4 is 48.9 Å². The van der Waals surface area contributed by atoms with Gasteiger partial charge in [0.05, 0.1) is 20.6 Å². The van der Waals surface area contributed by atoms with Gasteiger partial charge in [-0.05, 0) is 44.0 Å². The highest BCUT2D eigenvalue weighted by Gasteiger charge is 2.28. The molecule has 0 saturated carbocycles. The number of nitrogens with one attached hydrogen (secondary N) is 1. The number of unbranched alkanes of at least 4 members (excludes halogenated alkanes) is 2. The van der Waals surface area contributed by atoms with Crippen molar-refractivity contribution in [2.75, 3.05) is 17.8 Å². The van der Waals surface area contributed by atoms with Gasteiger partial charge in [-0.15, -0.1) is 0 Å². The normalized spacial score (nSPS) is 12.3. The maximum atomic E-state index is 13.2. The van der Waals surface area contributed by atoms with E-state index in [1.807, 2.05) is 20.8 Å². The average Bonchev–Trinajstić information content (AvgIpc) is 2.70. The second-order valence-corrected chi connectivity index (χ2v) is 11.7. The molecule has 0 spiro atoms. The van der Waals surface area contributed by atoms with Gasteiger partial charge in [-0.2, -0.15) is 4.31 Å². The van der Waals surface area contributed by atoms with Gasteiger partial charge in [0, 0.05) is 13.1 Å². The summed E-state index contributed by atoms with van der Waals surface area (Å²) in [6.07, 6.45) is 3.16. The molecule has 0 amide bonds. The minimum Gasteiger partial charge on any atom is -0.278 e. The molecule has 0 bridgehead atoms. The summed E-state index contributed by atoms with van der Waals surface area (Å²) in [5, 5.41) is -0.145. The Morgan fingerprint density at radius 3 is 1.94 bits per heavy atom. The first-order chi connectivity index (χ1) is 14.5. The number of hydrogen-bond acceptors (Lipinski definition) is 4. The summed E-state index contributed by atoms with van der Waals surface area (Å²) < 4.78 is 55.5. The minimum atomic E-state index is -3.91. The van der Waals surface area contributed by atoms with Crippen LogP contribution in [-0.4, -0.2) is 34.2 Å². The van der Waals surface area contributed by atoms with Crippen LogP contribution in [-0.2, 0) is 20.0 Å². The van der Waals surface area contributed by atoms with Gasteiger partial charge in [-0.25, -0.2) is 16.8 Å². The monoisotopic (exact) mass is 506 g/mol. The fourth-order valence-electron chi connectivity index (χ4n) is 2.89. The Balaban J connectivity index is 2.39. The SMILES string of the molecule is CCCCN(CCCC)S(=O)(=O)c1cc(Cl)c(NS(=O)(=O)c2ccc(C)cc2)cc1Cl. The van der Waals surface area contributed by atoms with Crippen LogP contribution in [0.25, 0.3) is 0 Å². The van der Waals surface area contributed by atoms with E-state index in [4.69, 9.17) is 23.2 Å². The number of hydrogen-bond donors (Lipinski definition) is 1. The van der Waals surface area contributed by atoms with E-state index < -0.39 is 20.0 Å². The number of rotatable bonds is 11. The van der Waals surface area contributed by atoms with E-state index in [-0.39, 0.29) is 25.5 Å². The molecule has 0 atom stereocenters. The number of sulfonamides is 2. The Bertz CT molecular complexity index is 1090. The molecule has 0 heterocycles. The Morgan fingerprint density at radius 2 is 1.42 bits per heavy atom. The predicted molar refractivity (Wildman–Crippen MR) is 127 cm³/mol. The maximum Gasteiger partial charge on any atom is 0.261 e. The number of aryl methyl sites for hydroxylation is 1. The average molecular weight is 508 g/mol. The first-order valence-electron chi connectivity index (χ1n) is 10.1. The van der Waals surface area contributed by atoms with Crippen LogP contribution in [0.15, 0.2) is 46.2 Å². The van der Waals surface area contributed by atoms with E-state index in [0.717, 1.165) is 31.2 Å². The second kappa shape index (κ2) is 11.0. The van der Waals surface area contributed by atoms with Crippen molar-refractivity contribution in [3.05, 3.63) is 52.0 Å². The van der Waals surface area contributed by atoms with Gasteiger partial charge in [0.15, 0.2) is 0 Å². The first-order valence-corrected chi connectivity index (χ1v) is 13.8. The summed E-state index contributed by atoms with van der Waals surface area (Å²) in [6.45, 7) is 6.60. The lowest BCUT2D eigenvalue weighted by molar-refractivity contribution is 0.395. The van der Waals surface area contributed by atoms with Gasteiger partial charge in [-0.1, -0.05) is 67.6 Å². The molecule has 0 fully saturated rings. The molecule has 2 rings (SSSR count). The summed E-state index contributed by atoms with van der Waals surface area (Å²) in [7, 11) is -7.79. The third-order valence-corrected chi connectivity index (χ3v) is 8.79. The van der Waals surface area contributed by atoms with E-state index in [1.54, 1.807) is 12.1 Å². The van der Waals surface area contributed by atoms with Crippen molar-refractivity contribution in [3.63, 3.8) is 0 Å². The van der Waals surface area contributed by atoms with Crippen molar-refractivity contribution in [1.29, 1.82) is 0 Å². The quantitative estimate of drug-likeness (QED) is 0.423. The first kappa shape index (κ1) is 25.9. The van der Waals surface area contributed by atoms with Crippen LogP contribution in [0.5, 0.6) is 0 Å². The highest BCUT2D eigenvalue weighted by molar-refractivity contribution is 7.92. The third kappa shape index (κ3) is 6.58. The van der Waals surface area contributed by atoms with E-state index in [0.29, 0.717) is 13.1 Å². The summed E-state index contributed by atoms with van der Waals surface area (Å²) in [5.41, 5.74) is 0.935. The molecule has 0 aromatic heterocycles. The van der Waals surface area contributed by atoms with Crippen LogP contribution >= 0.6 is 23.2 Å². The topological polar surface area (TPSA) is 83.6 Å². The number of nitrogens with zero attached hydrogens (tertiary/aromatic N) is 1. The lowest BCUT2D eigenvalue weighted by Gasteiger charge is -2.23. The second-order valence-electron chi connectivity index (χ2n) is 7.29. The van der Waals surface area contributed by atoms with Crippen molar-refractivity contribution < 1.29 is 16.8 Å². The molecule has 10 heteroatoms. The van der Waals surface area contributed by atoms with Gasteiger partial charge >= 0.3 is 0 Å². The highest BCUT2D eigenvalue weighted by Crippen LogP contribution is 2.35. The van der Waals surface area contributed by atoms with Crippen molar-refractivity contribution in [3.8, 4) is 0 Å². The van der Waals surface area contributed by atoms with Crippen LogP contribution in [0, 0.1) is 6.92 Å². The molecule has 0 aliphatic carbocycles. The fraction of sp³-hybridized carbons (Fsp3) is 0.429. The van der Waals surface area contributed by atoms with Gasteiger partial charge < -0.3 is 0 Å².